The Morgan fingerprint density at radius 3 is 2.41 bits per heavy atom. The normalized spacial score (nSPS) is 11.2. The fourth-order valence-corrected chi connectivity index (χ4v) is 3.83. The first kappa shape index (κ1) is 23.3. The second kappa shape index (κ2) is 9.01. The van der Waals surface area contributed by atoms with Gasteiger partial charge in [0.05, 0.1) is 26.9 Å². The fraction of sp³-hybridized carbons (Fsp3) is 0.190. The van der Waals surface area contributed by atoms with Crippen molar-refractivity contribution in [3.8, 4) is 5.69 Å². The van der Waals surface area contributed by atoms with Gasteiger partial charge in [-0.05, 0) is 37.3 Å². The van der Waals surface area contributed by atoms with E-state index in [0.29, 0.717) is 11.4 Å². The summed E-state index contributed by atoms with van der Waals surface area (Å²) in [5.41, 5.74) is 0.539. The smallest absolute Gasteiger partial charge is 0.340 e. The summed E-state index contributed by atoms with van der Waals surface area (Å²) in [5.74, 6) is -1.71. The fourth-order valence-electron chi connectivity index (χ4n) is 2.99. The molecule has 0 bridgehead atoms. The van der Waals surface area contributed by atoms with Crippen LogP contribution in [0.15, 0.2) is 58.2 Å². The lowest BCUT2D eigenvalue weighted by Gasteiger charge is -2.08. The molecule has 3 rings (SSSR count). The molecule has 2 aromatic carbocycles. The molecule has 3 aromatic rings. The lowest BCUT2D eigenvalue weighted by atomic mass is 10.2. The molecular formula is C21H20ClN3O6S. The minimum absolute atomic E-state index is 0.0209. The number of nitrogens with zero attached hydrogens (tertiary/aromatic N) is 2. The van der Waals surface area contributed by atoms with Gasteiger partial charge in [0.25, 0.3) is 11.5 Å². The third-order valence-corrected chi connectivity index (χ3v) is 6.18. The highest BCUT2D eigenvalue weighted by atomic mass is 35.5. The van der Waals surface area contributed by atoms with Crippen LogP contribution in [-0.4, -0.2) is 42.5 Å². The van der Waals surface area contributed by atoms with Crippen molar-refractivity contribution in [3.05, 3.63) is 75.2 Å². The molecule has 0 saturated heterocycles. The minimum Gasteiger partial charge on any atom is -0.452 e. The van der Waals surface area contributed by atoms with Crippen LogP contribution >= 0.6 is 11.6 Å². The Morgan fingerprint density at radius 1 is 1.12 bits per heavy atom. The van der Waals surface area contributed by atoms with Crippen molar-refractivity contribution in [2.75, 3.05) is 18.2 Å². The third kappa shape index (κ3) is 4.76. The summed E-state index contributed by atoms with van der Waals surface area (Å²) in [4.78, 5) is 37.4. The van der Waals surface area contributed by atoms with Gasteiger partial charge >= 0.3 is 5.97 Å². The molecule has 0 atom stereocenters. The van der Waals surface area contributed by atoms with Crippen LogP contribution in [0.4, 0.5) is 5.69 Å². The Hall–Kier alpha value is -3.37. The molecule has 0 aliphatic carbocycles. The van der Waals surface area contributed by atoms with E-state index < -0.39 is 33.9 Å². The van der Waals surface area contributed by atoms with Crippen LogP contribution in [0.1, 0.15) is 16.1 Å². The second-order valence-electron chi connectivity index (χ2n) is 6.97. The molecule has 0 aliphatic rings. The lowest BCUT2D eigenvalue weighted by molar-refractivity contribution is -0.119. The summed E-state index contributed by atoms with van der Waals surface area (Å²) in [7, 11) is -1.89. The molecule has 1 heterocycles. The zero-order valence-electron chi connectivity index (χ0n) is 17.5. The van der Waals surface area contributed by atoms with Crippen molar-refractivity contribution < 1.29 is 22.7 Å². The van der Waals surface area contributed by atoms with Crippen molar-refractivity contribution in [2.45, 2.75) is 11.8 Å². The molecule has 168 valence electrons. The third-order valence-electron chi connectivity index (χ3n) is 4.74. The molecule has 11 heteroatoms. The van der Waals surface area contributed by atoms with E-state index in [-0.39, 0.29) is 21.2 Å². The second-order valence-corrected chi connectivity index (χ2v) is 9.40. The Kier molecular flexibility index (Phi) is 6.56. The van der Waals surface area contributed by atoms with Gasteiger partial charge in [0.15, 0.2) is 16.4 Å². The average molecular weight is 478 g/mol. The Morgan fingerprint density at radius 2 is 1.78 bits per heavy atom. The molecule has 9 nitrogen and oxygen atoms in total. The van der Waals surface area contributed by atoms with E-state index >= 15 is 0 Å². The number of anilines is 1. The molecule has 32 heavy (non-hydrogen) atoms. The molecule has 1 N–H and O–H groups in total. The maximum Gasteiger partial charge on any atom is 0.340 e. The van der Waals surface area contributed by atoms with Gasteiger partial charge in [-0.25, -0.2) is 17.9 Å². The average Bonchev–Trinajstić information content (AvgIpc) is 2.95. The number of para-hydroxylation sites is 1. The molecule has 1 amide bonds. The quantitative estimate of drug-likeness (QED) is 0.545. The number of hydrogen-bond donors (Lipinski definition) is 1. The number of ether oxygens (including phenoxy) is 1. The predicted molar refractivity (Wildman–Crippen MR) is 119 cm³/mol. The summed E-state index contributed by atoms with van der Waals surface area (Å²) >= 11 is 5.96. The maximum atomic E-state index is 12.8. The molecule has 0 spiro atoms. The Bertz CT molecular complexity index is 1360. The number of esters is 1. The number of carbonyl (C=O) groups is 2. The topological polar surface area (TPSA) is 116 Å². The van der Waals surface area contributed by atoms with E-state index in [4.69, 9.17) is 16.3 Å². The van der Waals surface area contributed by atoms with Crippen molar-refractivity contribution >= 4 is 39.0 Å². The summed E-state index contributed by atoms with van der Waals surface area (Å²) < 4.78 is 31.3. The molecule has 1 aromatic heterocycles. The SMILES string of the molecule is Cc1c(NC(=O)COC(=O)c2cc(S(C)(=O)=O)ccc2Cl)c(=O)n(-c2ccccc2)n1C. The number of halogens is 1. The monoisotopic (exact) mass is 477 g/mol. The molecule has 0 fully saturated rings. The molecule has 0 radical (unpaired) electrons. The van der Waals surface area contributed by atoms with Gasteiger partial charge in [0.2, 0.25) is 0 Å². The maximum absolute atomic E-state index is 12.8. The lowest BCUT2D eigenvalue weighted by Crippen LogP contribution is -2.26. The number of nitrogens with one attached hydrogen (secondary N) is 1. The van der Waals surface area contributed by atoms with Crippen LogP contribution in [0.3, 0.4) is 0 Å². The zero-order chi connectivity index (χ0) is 23.6. The van der Waals surface area contributed by atoms with E-state index in [2.05, 4.69) is 5.32 Å². The van der Waals surface area contributed by atoms with Crippen LogP contribution in [0.2, 0.25) is 5.02 Å². The summed E-state index contributed by atoms with van der Waals surface area (Å²) in [6.07, 6.45) is 0.989. The highest BCUT2D eigenvalue weighted by molar-refractivity contribution is 7.90. The largest absolute Gasteiger partial charge is 0.452 e. The van der Waals surface area contributed by atoms with Crippen LogP contribution < -0.4 is 10.9 Å². The molecular weight excluding hydrogens is 458 g/mol. The first-order chi connectivity index (χ1) is 15.0. The van der Waals surface area contributed by atoms with E-state index in [1.807, 2.05) is 6.07 Å². The van der Waals surface area contributed by atoms with Gasteiger partial charge < -0.3 is 10.1 Å². The van der Waals surface area contributed by atoms with Crippen LogP contribution in [0, 0.1) is 6.92 Å². The predicted octanol–water partition coefficient (Wildman–Crippen LogP) is 2.34. The first-order valence-electron chi connectivity index (χ1n) is 9.31. The van der Waals surface area contributed by atoms with Crippen LogP contribution in [-0.2, 0) is 26.4 Å². The van der Waals surface area contributed by atoms with Crippen molar-refractivity contribution in [3.63, 3.8) is 0 Å². The van der Waals surface area contributed by atoms with Crippen LogP contribution in [0.25, 0.3) is 5.69 Å². The zero-order valence-corrected chi connectivity index (χ0v) is 19.0. The van der Waals surface area contributed by atoms with E-state index in [9.17, 15) is 22.8 Å². The summed E-state index contributed by atoms with van der Waals surface area (Å²) in [6.45, 7) is 0.969. The van der Waals surface area contributed by atoms with Gasteiger partial charge in [-0.1, -0.05) is 29.8 Å². The summed E-state index contributed by atoms with van der Waals surface area (Å²) in [6, 6.07) is 12.5. The van der Waals surface area contributed by atoms with E-state index in [1.54, 1.807) is 42.9 Å². The molecule has 0 aliphatic heterocycles. The van der Waals surface area contributed by atoms with E-state index in [1.165, 1.54) is 16.8 Å². The number of rotatable bonds is 6. The first-order valence-corrected chi connectivity index (χ1v) is 11.6. The van der Waals surface area contributed by atoms with Crippen LogP contribution in [0.5, 0.6) is 0 Å². The standard InChI is InChI=1S/C21H20ClN3O6S/c1-13-19(20(27)25(24(13)2)14-7-5-4-6-8-14)23-18(26)12-31-21(28)16-11-15(32(3,29)30)9-10-17(16)22/h4-11H,12H2,1-3H3,(H,23,26). The number of aromatic nitrogens is 2. The van der Waals surface area contributed by atoms with Gasteiger partial charge in [0, 0.05) is 13.3 Å². The number of hydrogen-bond acceptors (Lipinski definition) is 6. The summed E-state index contributed by atoms with van der Waals surface area (Å²) in [5, 5.41) is 2.45. The van der Waals surface area contributed by atoms with Crippen molar-refractivity contribution in [2.24, 2.45) is 7.05 Å². The van der Waals surface area contributed by atoms with Gasteiger partial charge in [-0.2, -0.15) is 0 Å². The van der Waals surface area contributed by atoms with Crippen molar-refractivity contribution in [1.29, 1.82) is 0 Å². The van der Waals surface area contributed by atoms with Gasteiger partial charge in [-0.15, -0.1) is 0 Å². The Labute approximate surface area is 189 Å². The molecule has 0 unspecified atom stereocenters. The minimum atomic E-state index is -3.57. The van der Waals surface area contributed by atoms with Gasteiger partial charge in [0.1, 0.15) is 5.69 Å². The number of amides is 1. The Balaban J connectivity index is 1.75. The molecule has 0 saturated carbocycles. The van der Waals surface area contributed by atoms with Crippen molar-refractivity contribution in [1.82, 2.24) is 9.36 Å². The van der Waals surface area contributed by atoms with Gasteiger partial charge in [-0.3, -0.25) is 14.3 Å². The highest BCUT2D eigenvalue weighted by Gasteiger charge is 2.20. The highest BCUT2D eigenvalue weighted by Crippen LogP contribution is 2.21. The number of benzene rings is 2. The number of sulfone groups is 1. The number of carbonyl (C=O) groups excluding carboxylic acids is 2. The van der Waals surface area contributed by atoms with E-state index in [0.717, 1.165) is 12.3 Å².